The summed E-state index contributed by atoms with van der Waals surface area (Å²) in [5, 5.41) is 9.08. The van der Waals surface area contributed by atoms with Crippen molar-refractivity contribution < 1.29 is 13.5 Å². The van der Waals surface area contributed by atoms with E-state index in [1.54, 1.807) is 24.3 Å². The predicted molar refractivity (Wildman–Crippen MR) is 64.5 cm³/mol. The van der Waals surface area contributed by atoms with Gasteiger partial charge in [-0.2, -0.15) is 0 Å². The van der Waals surface area contributed by atoms with Crippen LogP contribution in [-0.2, 0) is 10.0 Å². The Bertz CT molecular complexity index is 548. The molecule has 6 heteroatoms. The molecule has 0 aromatic heterocycles. The molecule has 17 heavy (non-hydrogen) atoms. The van der Waals surface area contributed by atoms with Crippen molar-refractivity contribution in [1.29, 1.82) is 0 Å². The Balaban J connectivity index is 2.48. The summed E-state index contributed by atoms with van der Waals surface area (Å²) < 4.78 is 25.9. The summed E-state index contributed by atoms with van der Waals surface area (Å²) in [4.78, 5) is 4.47. The number of fused-ring (bicyclic) bond motifs is 1. The molecule has 0 saturated carbocycles. The topological polar surface area (TPSA) is 78.8 Å². The zero-order valence-corrected chi connectivity index (χ0v) is 10.2. The molecule has 0 radical (unpaired) electrons. The first-order valence-electron chi connectivity index (χ1n) is 5.39. The number of aliphatic hydroxyl groups excluding tert-OH is 1. The van der Waals surface area contributed by atoms with E-state index in [0.29, 0.717) is 17.8 Å². The smallest absolute Gasteiger partial charge is 0.263 e. The Morgan fingerprint density at radius 3 is 2.76 bits per heavy atom. The molecule has 1 aromatic carbocycles. The Kier molecular flexibility index (Phi) is 3.17. The monoisotopic (exact) mass is 254 g/mol. The maximum Gasteiger partial charge on any atom is 0.263 e. The van der Waals surface area contributed by atoms with Gasteiger partial charge in [0.2, 0.25) is 0 Å². The number of hydrogen-bond acceptors (Lipinski definition) is 4. The first-order chi connectivity index (χ1) is 8.08. The number of aliphatic imine (C=N–C) groups is 1. The molecule has 1 aromatic rings. The number of rotatable bonds is 3. The van der Waals surface area contributed by atoms with Crippen LogP contribution < -0.4 is 4.72 Å². The van der Waals surface area contributed by atoms with E-state index in [1.165, 1.54) is 0 Å². The normalized spacial score (nSPS) is 20.9. The van der Waals surface area contributed by atoms with Crippen molar-refractivity contribution in [3.8, 4) is 0 Å². The van der Waals surface area contributed by atoms with Crippen molar-refractivity contribution in [2.75, 3.05) is 6.61 Å². The SMILES string of the molecule is CC[C@H](CO)N=C1NS(=O)(=O)c2ccccc21. The third-order valence-electron chi connectivity index (χ3n) is 2.66. The third kappa shape index (κ3) is 2.18. The quantitative estimate of drug-likeness (QED) is 0.824. The summed E-state index contributed by atoms with van der Waals surface area (Å²) >= 11 is 0. The molecule has 1 heterocycles. The summed E-state index contributed by atoms with van der Waals surface area (Å²) in [6.45, 7) is 1.80. The van der Waals surface area contributed by atoms with E-state index in [9.17, 15) is 8.42 Å². The number of benzene rings is 1. The molecule has 0 saturated heterocycles. The fraction of sp³-hybridized carbons (Fsp3) is 0.364. The van der Waals surface area contributed by atoms with Crippen molar-refractivity contribution in [3.05, 3.63) is 29.8 Å². The Labute approximate surface area is 100 Å². The molecular formula is C11H14N2O3S. The van der Waals surface area contributed by atoms with Gasteiger partial charge in [-0.25, -0.2) is 8.42 Å². The summed E-state index contributed by atoms with van der Waals surface area (Å²) in [7, 11) is -3.48. The fourth-order valence-electron chi connectivity index (χ4n) is 1.67. The zero-order valence-electron chi connectivity index (χ0n) is 9.42. The summed E-state index contributed by atoms with van der Waals surface area (Å²) in [6, 6.07) is 6.40. The van der Waals surface area contributed by atoms with Crippen LogP contribution in [-0.4, -0.2) is 32.0 Å². The van der Waals surface area contributed by atoms with Gasteiger partial charge in [-0.3, -0.25) is 9.71 Å². The molecular weight excluding hydrogens is 240 g/mol. The molecule has 92 valence electrons. The van der Waals surface area contributed by atoms with E-state index in [4.69, 9.17) is 5.11 Å². The van der Waals surface area contributed by atoms with Crippen LogP contribution in [0.1, 0.15) is 18.9 Å². The number of nitrogens with one attached hydrogen (secondary N) is 1. The molecule has 2 N–H and O–H groups in total. The molecule has 2 rings (SSSR count). The Morgan fingerprint density at radius 1 is 1.41 bits per heavy atom. The molecule has 5 nitrogen and oxygen atoms in total. The van der Waals surface area contributed by atoms with Crippen LogP contribution >= 0.6 is 0 Å². The van der Waals surface area contributed by atoms with Gasteiger partial charge in [0.05, 0.1) is 17.5 Å². The minimum atomic E-state index is -3.48. The summed E-state index contributed by atoms with van der Waals surface area (Å²) in [6.07, 6.45) is 0.657. The molecule has 0 amide bonds. The summed E-state index contributed by atoms with van der Waals surface area (Å²) in [5.41, 5.74) is 0.569. The molecule has 1 aliphatic heterocycles. The average Bonchev–Trinajstić information content (AvgIpc) is 2.59. The van der Waals surface area contributed by atoms with Crippen LogP contribution in [0.2, 0.25) is 0 Å². The number of amidine groups is 1. The zero-order chi connectivity index (χ0) is 12.5. The van der Waals surface area contributed by atoms with Gasteiger partial charge in [0.15, 0.2) is 0 Å². The number of nitrogens with zero attached hydrogens (tertiary/aromatic N) is 1. The lowest BCUT2D eigenvalue weighted by Crippen LogP contribution is -2.24. The summed E-state index contributed by atoms with van der Waals surface area (Å²) in [5.74, 6) is 0.321. The van der Waals surface area contributed by atoms with Crippen molar-refractivity contribution in [1.82, 2.24) is 4.72 Å². The van der Waals surface area contributed by atoms with Gasteiger partial charge < -0.3 is 5.11 Å². The highest BCUT2D eigenvalue weighted by Crippen LogP contribution is 2.22. The number of sulfonamides is 1. The molecule has 0 unspecified atom stereocenters. The lowest BCUT2D eigenvalue weighted by atomic mass is 10.2. The largest absolute Gasteiger partial charge is 0.394 e. The van der Waals surface area contributed by atoms with Crippen LogP contribution in [0.4, 0.5) is 0 Å². The lowest BCUT2D eigenvalue weighted by molar-refractivity contribution is 0.264. The maximum atomic E-state index is 11.8. The van der Waals surface area contributed by atoms with Gasteiger partial charge in [-0.05, 0) is 18.6 Å². The first-order valence-corrected chi connectivity index (χ1v) is 6.87. The molecule has 1 aliphatic rings. The minimum absolute atomic E-state index is 0.0934. The molecule has 0 aliphatic carbocycles. The second kappa shape index (κ2) is 4.46. The van der Waals surface area contributed by atoms with E-state index in [0.717, 1.165) is 0 Å². The average molecular weight is 254 g/mol. The van der Waals surface area contributed by atoms with Crippen molar-refractivity contribution >= 4 is 15.9 Å². The van der Waals surface area contributed by atoms with Gasteiger partial charge in [0.1, 0.15) is 5.84 Å². The van der Waals surface area contributed by atoms with E-state index in [-0.39, 0.29) is 17.5 Å². The van der Waals surface area contributed by atoms with E-state index >= 15 is 0 Å². The van der Waals surface area contributed by atoms with Crippen molar-refractivity contribution in [2.24, 2.45) is 4.99 Å². The minimum Gasteiger partial charge on any atom is -0.394 e. The van der Waals surface area contributed by atoms with Gasteiger partial charge in [0.25, 0.3) is 10.0 Å². The Hall–Kier alpha value is -1.40. The van der Waals surface area contributed by atoms with Gasteiger partial charge >= 0.3 is 0 Å². The standard InChI is InChI=1S/C11H14N2O3S/c1-2-8(7-14)12-11-9-5-3-4-6-10(9)17(15,16)13-11/h3-6,8,14H,2,7H2,1H3,(H,12,13)/t8-/m1/s1. The van der Waals surface area contributed by atoms with Crippen LogP contribution in [0.15, 0.2) is 34.2 Å². The van der Waals surface area contributed by atoms with Crippen molar-refractivity contribution in [3.63, 3.8) is 0 Å². The second-order valence-electron chi connectivity index (χ2n) is 3.82. The molecule has 1 atom stereocenters. The highest BCUT2D eigenvalue weighted by molar-refractivity contribution is 7.90. The van der Waals surface area contributed by atoms with Crippen molar-refractivity contribution in [2.45, 2.75) is 24.3 Å². The predicted octanol–water partition coefficient (Wildman–Crippen LogP) is 0.496. The van der Waals surface area contributed by atoms with Crippen LogP contribution in [0.25, 0.3) is 0 Å². The fourth-order valence-corrected chi connectivity index (χ4v) is 2.91. The highest BCUT2D eigenvalue weighted by atomic mass is 32.2. The van der Waals surface area contributed by atoms with E-state index in [2.05, 4.69) is 9.71 Å². The van der Waals surface area contributed by atoms with Gasteiger partial charge in [0, 0.05) is 5.56 Å². The second-order valence-corrected chi connectivity index (χ2v) is 5.47. The first kappa shape index (κ1) is 12.1. The van der Waals surface area contributed by atoms with Crippen LogP contribution in [0.5, 0.6) is 0 Å². The van der Waals surface area contributed by atoms with Gasteiger partial charge in [-0.15, -0.1) is 0 Å². The maximum absolute atomic E-state index is 11.8. The number of hydrogen-bond donors (Lipinski definition) is 2. The number of aliphatic hydroxyl groups is 1. The van der Waals surface area contributed by atoms with Crippen LogP contribution in [0, 0.1) is 0 Å². The third-order valence-corrected chi connectivity index (χ3v) is 4.05. The molecule has 0 spiro atoms. The van der Waals surface area contributed by atoms with E-state index < -0.39 is 10.0 Å². The van der Waals surface area contributed by atoms with E-state index in [1.807, 2.05) is 6.92 Å². The highest BCUT2D eigenvalue weighted by Gasteiger charge is 2.30. The van der Waals surface area contributed by atoms with Crippen LogP contribution in [0.3, 0.4) is 0 Å². The molecule has 0 bridgehead atoms. The Morgan fingerprint density at radius 2 is 2.12 bits per heavy atom. The van der Waals surface area contributed by atoms with Gasteiger partial charge in [-0.1, -0.05) is 19.1 Å². The lowest BCUT2D eigenvalue weighted by Gasteiger charge is -2.07. The molecule has 0 fully saturated rings.